The average molecular weight is 333 g/mol. The number of nitrogen functional groups attached to an aromatic ring is 1. The van der Waals surface area contributed by atoms with Crippen molar-refractivity contribution in [2.75, 3.05) is 23.7 Å². The van der Waals surface area contributed by atoms with Crippen molar-refractivity contribution in [3.63, 3.8) is 0 Å². The van der Waals surface area contributed by atoms with Crippen LogP contribution >= 0.6 is 15.9 Å². The van der Waals surface area contributed by atoms with E-state index in [0.717, 1.165) is 41.8 Å². The highest BCUT2D eigenvalue weighted by Crippen LogP contribution is 2.27. The van der Waals surface area contributed by atoms with Gasteiger partial charge in [-0.25, -0.2) is 0 Å². The van der Waals surface area contributed by atoms with Gasteiger partial charge in [0.15, 0.2) is 0 Å². The number of nitrogens with two attached hydrogens (primary N) is 1. The van der Waals surface area contributed by atoms with Gasteiger partial charge in [-0.1, -0.05) is 53.2 Å². The zero-order chi connectivity index (χ0) is 14.4. The van der Waals surface area contributed by atoms with Crippen LogP contribution in [0.3, 0.4) is 0 Å². The maximum Gasteiger partial charge on any atom is 0.0600 e. The van der Waals surface area contributed by atoms with Crippen molar-refractivity contribution >= 4 is 27.3 Å². The molecule has 0 aromatic heterocycles. The molecule has 0 heterocycles. The van der Waals surface area contributed by atoms with Gasteiger partial charge < -0.3 is 10.6 Å². The maximum atomic E-state index is 6.15. The molecule has 0 radical (unpaired) electrons. The van der Waals surface area contributed by atoms with Crippen molar-refractivity contribution in [1.29, 1.82) is 0 Å². The molecule has 2 N–H and O–H groups in total. The van der Waals surface area contributed by atoms with E-state index in [-0.39, 0.29) is 0 Å². The number of nitrogens with zero attached hydrogens (tertiary/aromatic N) is 1. The summed E-state index contributed by atoms with van der Waals surface area (Å²) in [6.45, 7) is 4.22. The van der Waals surface area contributed by atoms with Crippen LogP contribution in [-0.4, -0.2) is 13.1 Å². The van der Waals surface area contributed by atoms with Gasteiger partial charge in [-0.3, -0.25) is 0 Å². The van der Waals surface area contributed by atoms with E-state index in [1.165, 1.54) is 5.56 Å². The smallest absolute Gasteiger partial charge is 0.0600 e. The fourth-order valence-corrected chi connectivity index (χ4v) is 2.72. The minimum absolute atomic E-state index is 0.834. The molecular formula is C17H21BrN2. The van der Waals surface area contributed by atoms with Crippen molar-refractivity contribution in [3.8, 4) is 0 Å². The third kappa shape index (κ3) is 4.01. The number of benzene rings is 2. The van der Waals surface area contributed by atoms with Crippen LogP contribution in [0.2, 0.25) is 0 Å². The summed E-state index contributed by atoms with van der Waals surface area (Å²) >= 11 is 3.46. The van der Waals surface area contributed by atoms with Gasteiger partial charge in [0.2, 0.25) is 0 Å². The monoisotopic (exact) mass is 332 g/mol. The maximum absolute atomic E-state index is 6.15. The minimum atomic E-state index is 0.834. The lowest BCUT2D eigenvalue weighted by Gasteiger charge is -2.26. The van der Waals surface area contributed by atoms with Gasteiger partial charge in [-0.05, 0) is 36.6 Å². The molecule has 0 aliphatic rings. The molecule has 0 unspecified atom stereocenters. The lowest BCUT2D eigenvalue weighted by molar-refractivity contribution is 0.757. The molecule has 2 aromatic rings. The Hall–Kier alpha value is -1.48. The zero-order valence-corrected chi connectivity index (χ0v) is 13.4. The van der Waals surface area contributed by atoms with Gasteiger partial charge in [0.1, 0.15) is 0 Å². The molecule has 0 fully saturated rings. The second-order valence-electron chi connectivity index (χ2n) is 4.93. The second kappa shape index (κ2) is 7.34. The van der Waals surface area contributed by atoms with Crippen LogP contribution in [0, 0.1) is 0 Å². The number of anilines is 2. The lowest BCUT2D eigenvalue weighted by Crippen LogP contribution is -2.27. The molecule has 0 saturated carbocycles. The highest BCUT2D eigenvalue weighted by molar-refractivity contribution is 9.10. The number of hydrogen-bond donors (Lipinski definition) is 1. The van der Waals surface area contributed by atoms with Crippen LogP contribution in [0.25, 0.3) is 0 Å². The Morgan fingerprint density at radius 1 is 1.05 bits per heavy atom. The molecule has 0 saturated heterocycles. The second-order valence-corrected chi connectivity index (χ2v) is 5.84. The van der Waals surface area contributed by atoms with E-state index in [9.17, 15) is 0 Å². The number of hydrogen-bond acceptors (Lipinski definition) is 2. The number of halogens is 1. The van der Waals surface area contributed by atoms with Gasteiger partial charge >= 0.3 is 0 Å². The Kier molecular flexibility index (Phi) is 5.48. The topological polar surface area (TPSA) is 29.3 Å². The molecule has 0 atom stereocenters. The standard InChI is InChI=1S/C17H21BrN2/c1-2-11-20(12-10-14-6-4-3-5-7-14)17-9-8-15(18)13-16(17)19/h3-9,13H,2,10-12,19H2,1H3. The first-order chi connectivity index (χ1) is 9.70. The molecular weight excluding hydrogens is 312 g/mol. The predicted octanol–water partition coefficient (Wildman–Crippen LogP) is 4.49. The first kappa shape index (κ1) is 14.9. The van der Waals surface area contributed by atoms with Crippen molar-refractivity contribution in [2.24, 2.45) is 0 Å². The largest absolute Gasteiger partial charge is 0.397 e. The molecule has 0 bridgehead atoms. The fourth-order valence-electron chi connectivity index (χ4n) is 2.34. The molecule has 0 amide bonds. The van der Waals surface area contributed by atoms with Crippen LogP contribution in [0.15, 0.2) is 53.0 Å². The molecule has 0 aliphatic heterocycles. The molecule has 106 valence electrons. The molecule has 2 rings (SSSR count). The minimum Gasteiger partial charge on any atom is -0.397 e. The summed E-state index contributed by atoms with van der Waals surface area (Å²) in [5, 5.41) is 0. The highest BCUT2D eigenvalue weighted by atomic mass is 79.9. The highest BCUT2D eigenvalue weighted by Gasteiger charge is 2.09. The molecule has 20 heavy (non-hydrogen) atoms. The van der Waals surface area contributed by atoms with Crippen LogP contribution in [0.5, 0.6) is 0 Å². The third-order valence-electron chi connectivity index (χ3n) is 3.34. The molecule has 0 spiro atoms. The third-order valence-corrected chi connectivity index (χ3v) is 3.83. The van der Waals surface area contributed by atoms with Gasteiger partial charge in [0.25, 0.3) is 0 Å². The molecule has 2 aromatic carbocycles. The first-order valence-electron chi connectivity index (χ1n) is 7.04. The Morgan fingerprint density at radius 3 is 2.45 bits per heavy atom. The summed E-state index contributed by atoms with van der Waals surface area (Å²) in [5.41, 5.74) is 9.48. The summed E-state index contributed by atoms with van der Waals surface area (Å²) in [7, 11) is 0. The Balaban J connectivity index is 2.10. The van der Waals surface area contributed by atoms with Gasteiger partial charge in [-0.2, -0.15) is 0 Å². The Labute approximate surface area is 129 Å². The summed E-state index contributed by atoms with van der Waals surface area (Å²) in [6, 6.07) is 16.7. The molecule has 2 nitrogen and oxygen atoms in total. The van der Waals surface area contributed by atoms with E-state index in [1.54, 1.807) is 0 Å². The Bertz CT molecular complexity index is 540. The van der Waals surface area contributed by atoms with Gasteiger partial charge in [0.05, 0.1) is 11.4 Å². The van der Waals surface area contributed by atoms with Crippen molar-refractivity contribution in [1.82, 2.24) is 0 Å². The fraction of sp³-hybridized carbons (Fsp3) is 0.294. The quantitative estimate of drug-likeness (QED) is 0.789. The van der Waals surface area contributed by atoms with E-state index >= 15 is 0 Å². The summed E-state index contributed by atoms with van der Waals surface area (Å²) < 4.78 is 1.03. The summed E-state index contributed by atoms with van der Waals surface area (Å²) in [6.07, 6.45) is 2.15. The van der Waals surface area contributed by atoms with E-state index in [4.69, 9.17) is 5.73 Å². The Morgan fingerprint density at radius 2 is 1.80 bits per heavy atom. The summed E-state index contributed by atoms with van der Waals surface area (Å²) in [5.74, 6) is 0. The van der Waals surface area contributed by atoms with Crippen LogP contribution in [0.4, 0.5) is 11.4 Å². The van der Waals surface area contributed by atoms with Gasteiger partial charge in [-0.15, -0.1) is 0 Å². The number of rotatable bonds is 6. The van der Waals surface area contributed by atoms with Crippen LogP contribution < -0.4 is 10.6 Å². The molecule has 0 aliphatic carbocycles. The SMILES string of the molecule is CCCN(CCc1ccccc1)c1ccc(Br)cc1N. The lowest BCUT2D eigenvalue weighted by atomic mass is 10.1. The van der Waals surface area contributed by atoms with Crippen LogP contribution in [0.1, 0.15) is 18.9 Å². The van der Waals surface area contributed by atoms with E-state index in [0.29, 0.717) is 0 Å². The van der Waals surface area contributed by atoms with E-state index < -0.39 is 0 Å². The normalized spacial score (nSPS) is 10.5. The van der Waals surface area contributed by atoms with E-state index in [1.807, 2.05) is 6.07 Å². The van der Waals surface area contributed by atoms with Gasteiger partial charge in [0, 0.05) is 17.6 Å². The summed E-state index contributed by atoms with van der Waals surface area (Å²) in [4.78, 5) is 2.37. The predicted molar refractivity (Wildman–Crippen MR) is 91.2 cm³/mol. The van der Waals surface area contributed by atoms with Crippen molar-refractivity contribution in [2.45, 2.75) is 19.8 Å². The average Bonchev–Trinajstić information content (AvgIpc) is 2.45. The zero-order valence-electron chi connectivity index (χ0n) is 11.8. The van der Waals surface area contributed by atoms with Crippen molar-refractivity contribution in [3.05, 3.63) is 58.6 Å². The first-order valence-corrected chi connectivity index (χ1v) is 7.84. The molecule has 3 heteroatoms. The van der Waals surface area contributed by atoms with Crippen LogP contribution in [-0.2, 0) is 6.42 Å². The van der Waals surface area contributed by atoms with E-state index in [2.05, 4.69) is 70.2 Å². The van der Waals surface area contributed by atoms with Crippen molar-refractivity contribution < 1.29 is 0 Å².